The molecule has 5 nitrogen and oxygen atoms in total. The highest BCUT2D eigenvalue weighted by atomic mass is 19.4. The van der Waals surface area contributed by atoms with Crippen molar-refractivity contribution in [1.29, 1.82) is 0 Å². The van der Waals surface area contributed by atoms with Crippen molar-refractivity contribution in [1.82, 2.24) is 10.3 Å². The Kier molecular flexibility index (Phi) is 6.26. The maximum absolute atomic E-state index is 13.0. The molecule has 2 rings (SSSR count). The van der Waals surface area contributed by atoms with E-state index in [0.717, 1.165) is 18.9 Å². The van der Waals surface area contributed by atoms with Gasteiger partial charge in [0.1, 0.15) is 5.69 Å². The summed E-state index contributed by atoms with van der Waals surface area (Å²) in [5.41, 5.74) is -0.876. The third-order valence-electron chi connectivity index (χ3n) is 4.21. The Bertz CT molecular complexity index is 670. The second-order valence-electron chi connectivity index (χ2n) is 7.24. The molecule has 8 heteroatoms. The van der Waals surface area contributed by atoms with Crippen molar-refractivity contribution in [3.8, 4) is 0 Å². The summed E-state index contributed by atoms with van der Waals surface area (Å²) in [5.74, 6) is -1.66. The third-order valence-corrected chi connectivity index (χ3v) is 4.21. The number of carbonyl (C=O) groups excluding carboxylic acids is 1. The maximum Gasteiger partial charge on any atom is 0.433 e. The van der Waals surface area contributed by atoms with Gasteiger partial charge in [-0.15, -0.1) is 0 Å². The number of pyridine rings is 1. The van der Waals surface area contributed by atoms with E-state index in [0.29, 0.717) is 6.42 Å². The van der Waals surface area contributed by atoms with Crippen LogP contribution in [0.3, 0.4) is 0 Å². The van der Waals surface area contributed by atoms with Crippen LogP contribution in [0.25, 0.3) is 0 Å². The van der Waals surface area contributed by atoms with Crippen LogP contribution >= 0.6 is 0 Å². The molecule has 1 aromatic rings. The van der Waals surface area contributed by atoms with Gasteiger partial charge in [-0.3, -0.25) is 9.59 Å². The molecule has 26 heavy (non-hydrogen) atoms. The summed E-state index contributed by atoms with van der Waals surface area (Å²) in [4.78, 5) is 26.9. The molecule has 144 valence electrons. The summed E-state index contributed by atoms with van der Waals surface area (Å²) in [6, 6.07) is 2.15. The second kappa shape index (κ2) is 8.05. The van der Waals surface area contributed by atoms with Gasteiger partial charge in [-0.05, 0) is 43.2 Å². The van der Waals surface area contributed by atoms with E-state index in [9.17, 15) is 22.8 Å². The molecule has 0 aromatic carbocycles. The Hall–Kier alpha value is -2.12. The van der Waals surface area contributed by atoms with Crippen LogP contribution in [0.15, 0.2) is 12.1 Å². The Morgan fingerprint density at radius 1 is 1.31 bits per heavy atom. The SMILES string of the molecule is CC(C)C[C@H](CNC(=O)c1cc(C2CC2)nc(C(F)(F)F)c1)CC(=O)O. The quantitative estimate of drug-likeness (QED) is 0.727. The third kappa shape index (κ3) is 6.00. The molecule has 0 bridgehead atoms. The molecule has 1 aliphatic carbocycles. The molecule has 1 amide bonds. The fourth-order valence-corrected chi connectivity index (χ4v) is 2.91. The number of carboxylic acid groups (broad SMARTS) is 1. The van der Waals surface area contributed by atoms with Gasteiger partial charge >= 0.3 is 12.1 Å². The van der Waals surface area contributed by atoms with Crippen LogP contribution in [-0.4, -0.2) is 28.5 Å². The van der Waals surface area contributed by atoms with Crippen molar-refractivity contribution >= 4 is 11.9 Å². The van der Waals surface area contributed by atoms with E-state index in [1.54, 1.807) is 0 Å². The smallest absolute Gasteiger partial charge is 0.433 e. The lowest BCUT2D eigenvalue weighted by atomic mass is 9.94. The highest BCUT2D eigenvalue weighted by Crippen LogP contribution is 2.40. The fourth-order valence-electron chi connectivity index (χ4n) is 2.91. The van der Waals surface area contributed by atoms with Gasteiger partial charge in [-0.25, -0.2) is 4.98 Å². The number of alkyl halides is 3. The number of halogens is 3. The molecule has 1 atom stereocenters. The second-order valence-corrected chi connectivity index (χ2v) is 7.24. The molecule has 0 spiro atoms. The lowest BCUT2D eigenvalue weighted by Gasteiger charge is -2.18. The van der Waals surface area contributed by atoms with E-state index in [1.807, 2.05) is 13.8 Å². The van der Waals surface area contributed by atoms with Crippen molar-refractivity contribution < 1.29 is 27.9 Å². The number of nitrogens with zero attached hydrogens (tertiary/aromatic N) is 1. The zero-order valence-corrected chi connectivity index (χ0v) is 14.8. The van der Waals surface area contributed by atoms with Crippen molar-refractivity contribution in [2.24, 2.45) is 11.8 Å². The van der Waals surface area contributed by atoms with Crippen LogP contribution in [0.2, 0.25) is 0 Å². The normalized spacial score (nSPS) is 15.8. The van der Waals surface area contributed by atoms with Gasteiger partial charge in [-0.1, -0.05) is 13.8 Å². The Morgan fingerprint density at radius 2 is 1.96 bits per heavy atom. The van der Waals surface area contributed by atoms with Gasteiger partial charge < -0.3 is 10.4 Å². The molecule has 1 saturated carbocycles. The number of nitrogens with one attached hydrogen (secondary N) is 1. The van der Waals surface area contributed by atoms with Crippen LogP contribution < -0.4 is 5.32 Å². The Balaban J connectivity index is 2.12. The maximum atomic E-state index is 13.0. The van der Waals surface area contributed by atoms with Crippen LogP contribution in [-0.2, 0) is 11.0 Å². The molecular weight excluding hydrogens is 349 g/mol. The number of carbonyl (C=O) groups is 2. The molecule has 1 aliphatic rings. The summed E-state index contributed by atoms with van der Waals surface area (Å²) < 4.78 is 39.1. The minimum Gasteiger partial charge on any atom is -0.481 e. The number of aliphatic carboxylic acids is 1. The predicted octanol–water partition coefficient (Wildman–Crippen LogP) is 3.84. The first-order valence-corrected chi connectivity index (χ1v) is 8.65. The number of rotatable bonds is 8. The van der Waals surface area contributed by atoms with Gasteiger partial charge in [0.2, 0.25) is 0 Å². The fraction of sp³-hybridized carbons (Fsp3) is 0.611. The first kappa shape index (κ1) is 20.2. The minimum atomic E-state index is -4.62. The zero-order chi connectivity index (χ0) is 19.5. The highest BCUT2D eigenvalue weighted by molar-refractivity contribution is 5.94. The standard InChI is InChI=1S/C18H23F3N2O3/c1-10(2)5-11(6-16(24)25)9-22-17(26)13-7-14(12-3-4-12)23-15(8-13)18(19,20)21/h7-8,10-12H,3-6,9H2,1-2H3,(H,22,26)(H,24,25)/t11-/m0/s1. The van der Waals surface area contributed by atoms with Crippen molar-refractivity contribution in [2.75, 3.05) is 6.54 Å². The Labute approximate surface area is 150 Å². The number of hydrogen-bond donors (Lipinski definition) is 2. The summed E-state index contributed by atoms with van der Waals surface area (Å²) in [5, 5.41) is 11.5. The van der Waals surface area contributed by atoms with E-state index in [-0.39, 0.29) is 42.0 Å². The number of aromatic nitrogens is 1. The number of hydrogen-bond acceptors (Lipinski definition) is 3. The van der Waals surface area contributed by atoms with E-state index in [1.165, 1.54) is 6.07 Å². The summed E-state index contributed by atoms with van der Waals surface area (Å²) in [6.07, 6.45) is -2.59. The first-order valence-electron chi connectivity index (χ1n) is 8.65. The average molecular weight is 372 g/mol. The van der Waals surface area contributed by atoms with Crippen LogP contribution in [0, 0.1) is 11.8 Å². The zero-order valence-electron chi connectivity index (χ0n) is 14.8. The van der Waals surface area contributed by atoms with Gasteiger partial charge in [0.25, 0.3) is 5.91 Å². The van der Waals surface area contributed by atoms with Crippen LogP contribution in [0.1, 0.15) is 67.2 Å². The van der Waals surface area contributed by atoms with E-state index in [2.05, 4.69) is 10.3 Å². The summed E-state index contributed by atoms with van der Waals surface area (Å²) in [6.45, 7) is 3.99. The van der Waals surface area contributed by atoms with Gasteiger partial charge in [0.05, 0.1) is 0 Å². The average Bonchev–Trinajstić information content (AvgIpc) is 3.34. The Morgan fingerprint density at radius 3 is 2.46 bits per heavy atom. The topological polar surface area (TPSA) is 79.3 Å². The summed E-state index contributed by atoms with van der Waals surface area (Å²) in [7, 11) is 0. The van der Waals surface area contributed by atoms with Crippen molar-refractivity contribution in [3.63, 3.8) is 0 Å². The largest absolute Gasteiger partial charge is 0.481 e. The molecular formula is C18H23F3N2O3. The predicted molar refractivity (Wildman–Crippen MR) is 88.7 cm³/mol. The molecule has 1 heterocycles. The molecule has 0 unspecified atom stereocenters. The molecule has 2 N–H and O–H groups in total. The molecule has 0 aliphatic heterocycles. The number of amides is 1. The lowest BCUT2D eigenvalue weighted by molar-refractivity contribution is -0.141. The monoisotopic (exact) mass is 372 g/mol. The molecule has 0 radical (unpaired) electrons. The van der Waals surface area contributed by atoms with Crippen LogP contribution in [0.4, 0.5) is 13.2 Å². The van der Waals surface area contributed by atoms with Crippen molar-refractivity contribution in [2.45, 2.75) is 51.6 Å². The molecule has 0 saturated heterocycles. The molecule has 1 aromatic heterocycles. The van der Waals surface area contributed by atoms with Gasteiger partial charge in [-0.2, -0.15) is 13.2 Å². The van der Waals surface area contributed by atoms with Gasteiger partial charge in [0, 0.05) is 30.1 Å². The summed E-state index contributed by atoms with van der Waals surface area (Å²) >= 11 is 0. The van der Waals surface area contributed by atoms with Crippen molar-refractivity contribution in [3.05, 3.63) is 29.1 Å². The first-order chi connectivity index (χ1) is 12.1. The van der Waals surface area contributed by atoms with Gasteiger partial charge in [0.15, 0.2) is 0 Å². The van der Waals surface area contributed by atoms with E-state index < -0.39 is 23.7 Å². The number of carboxylic acids is 1. The van der Waals surface area contributed by atoms with Crippen LogP contribution in [0.5, 0.6) is 0 Å². The highest BCUT2D eigenvalue weighted by Gasteiger charge is 2.36. The molecule has 1 fully saturated rings. The van der Waals surface area contributed by atoms with E-state index in [4.69, 9.17) is 5.11 Å². The lowest BCUT2D eigenvalue weighted by Crippen LogP contribution is -2.31. The minimum absolute atomic E-state index is 0.0236. The van der Waals surface area contributed by atoms with E-state index >= 15 is 0 Å².